The van der Waals surface area contributed by atoms with E-state index >= 15 is 0 Å². The van der Waals surface area contributed by atoms with Crippen LogP contribution >= 0.6 is 0 Å². The first-order valence-corrected chi connectivity index (χ1v) is 6.76. The number of nitro benzene ring substituents is 2. The minimum Gasteiger partial charge on any atom is -0.490 e. The Balaban J connectivity index is 1.98. The maximum atomic E-state index is 11.9. The van der Waals surface area contributed by atoms with Crippen LogP contribution in [0, 0.1) is 20.2 Å². The summed E-state index contributed by atoms with van der Waals surface area (Å²) in [4.78, 5) is 31.8. The maximum Gasteiger partial charge on any atom is 0.338 e. The largest absolute Gasteiger partial charge is 0.490 e. The van der Waals surface area contributed by atoms with Gasteiger partial charge < -0.3 is 9.47 Å². The summed E-state index contributed by atoms with van der Waals surface area (Å²) < 4.78 is 10.2. The molecule has 0 saturated heterocycles. The van der Waals surface area contributed by atoms with E-state index in [0.717, 1.165) is 18.2 Å². The Morgan fingerprint density at radius 1 is 0.917 bits per heavy atom. The summed E-state index contributed by atoms with van der Waals surface area (Å²) in [5, 5.41) is 21.6. The van der Waals surface area contributed by atoms with E-state index in [9.17, 15) is 25.0 Å². The standard InChI is InChI=1S/C15H12N2O7/c18-15(24-7-6-23-14-4-2-1-3-5-14)11-8-12(16(19)20)10-13(9-11)17(21)22/h1-5,8-10H,6-7H2. The molecule has 124 valence electrons. The second-order valence-electron chi connectivity index (χ2n) is 4.55. The Kier molecular flexibility index (Phi) is 5.40. The second-order valence-corrected chi connectivity index (χ2v) is 4.55. The fourth-order valence-electron chi connectivity index (χ4n) is 1.82. The quantitative estimate of drug-likeness (QED) is 0.330. The van der Waals surface area contributed by atoms with Gasteiger partial charge in [-0.3, -0.25) is 20.2 Å². The van der Waals surface area contributed by atoms with Crippen LogP contribution in [0.15, 0.2) is 48.5 Å². The molecule has 0 spiro atoms. The lowest BCUT2D eigenvalue weighted by atomic mass is 10.2. The van der Waals surface area contributed by atoms with E-state index in [0.29, 0.717) is 5.75 Å². The van der Waals surface area contributed by atoms with Gasteiger partial charge in [-0.05, 0) is 12.1 Å². The van der Waals surface area contributed by atoms with Crippen LogP contribution in [0.25, 0.3) is 0 Å². The lowest BCUT2D eigenvalue weighted by Gasteiger charge is -2.07. The third-order valence-electron chi connectivity index (χ3n) is 2.89. The van der Waals surface area contributed by atoms with Crippen LogP contribution < -0.4 is 4.74 Å². The number of nitrogens with zero attached hydrogens (tertiary/aromatic N) is 2. The zero-order chi connectivity index (χ0) is 17.5. The van der Waals surface area contributed by atoms with Gasteiger partial charge in [0.25, 0.3) is 11.4 Å². The van der Waals surface area contributed by atoms with Gasteiger partial charge in [0.15, 0.2) is 0 Å². The van der Waals surface area contributed by atoms with Crippen molar-refractivity contribution in [2.45, 2.75) is 0 Å². The molecule has 0 saturated carbocycles. The highest BCUT2D eigenvalue weighted by molar-refractivity contribution is 5.91. The minimum atomic E-state index is -0.904. The lowest BCUT2D eigenvalue weighted by Crippen LogP contribution is -2.13. The number of ether oxygens (including phenoxy) is 2. The highest BCUT2D eigenvalue weighted by atomic mass is 16.6. The molecule has 0 aliphatic heterocycles. The van der Waals surface area contributed by atoms with E-state index in [4.69, 9.17) is 9.47 Å². The number of carbonyl (C=O) groups excluding carboxylic acids is 1. The topological polar surface area (TPSA) is 122 Å². The van der Waals surface area contributed by atoms with E-state index in [1.54, 1.807) is 24.3 Å². The predicted octanol–water partition coefficient (Wildman–Crippen LogP) is 2.74. The Morgan fingerprint density at radius 2 is 1.50 bits per heavy atom. The fourth-order valence-corrected chi connectivity index (χ4v) is 1.82. The van der Waals surface area contributed by atoms with E-state index in [-0.39, 0.29) is 18.8 Å². The molecule has 0 aliphatic carbocycles. The lowest BCUT2D eigenvalue weighted by molar-refractivity contribution is -0.394. The zero-order valence-corrected chi connectivity index (χ0v) is 12.3. The maximum absolute atomic E-state index is 11.9. The molecule has 2 rings (SSSR count). The Labute approximate surface area is 135 Å². The summed E-state index contributed by atoms with van der Waals surface area (Å²) in [6.07, 6.45) is 0. The van der Waals surface area contributed by atoms with Gasteiger partial charge in [-0.2, -0.15) is 0 Å². The number of esters is 1. The van der Waals surface area contributed by atoms with Crippen LogP contribution in [-0.4, -0.2) is 29.0 Å². The van der Waals surface area contributed by atoms with Crippen molar-refractivity contribution in [1.29, 1.82) is 0 Å². The molecule has 0 aliphatic rings. The predicted molar refractivity (Wildman–Crippen MR) is 82.0 cm³/mol. The normalized spacial score (nSPS) is 10.0. The van der Waals surface area contributed by atoms with E-state index in [1.807, 2.05) is 6.07 Å². The molecule has 2 aromatic carbocycles. The van der Waals surface area contributed by atoms with Crippen molar-refractivity contribution in [3.8, 4) is 5.75 Å². The number of non-ortho nitro benzene ring substituents is 2. The van der Waals surface area contributed by atoms with Gasteiger partial charge in [0.05, 0.1) is 21.5 Å². The average molecular weight is 332 g/mol. The molecule has 0 radical (unpaired) electrons. The van der Waals surface area contributed by atoms with Gasteiger partial charge in [0, 0.05) is 12.1 Å². The van der Waals surface area contributed by atoms with Crippen molar-refractivity contribution >= 4 is 17.3 Å². The van der Waals surface area contributed by atoms with Crippen molar-refractivity contribution < 1.29 is 24.1 Å². The first kappa shape index (κ1) is 16.9. The molecule has 0 unspecified atom stereocenters. The van der Waals surface area contributed by atoms with Gasteiger partial charge in [-0.25, -0.2) is 4.79 Å². The third-order valence-corrected chi connectivity index (χ3v) is 2.89. The third kappa shape index (κ3) is 4.50. The molecule has 0 N–H and O–H groups in total. The summed E-state index contributed by atoms with van der Waals surface area (Å²) in [5.41, 5.74) is -1.39. The van der Waals surface area contributed by atoms with Crippen LogP contribution in [0.2, 0.25) is 0 Å². The molecule has 24 heavy (non-hydrogen) atoms. The van der Waals surface area contributed by atoms with Crippen molar-refractivity contribution in [1.82, 2.24) is 0 Å². The summed E-state index contributed by atoms with van der Waals surface area (Å²) >= 11 is 0. The molecule has 0 heterocycles. The van der Waals surface area contributed by atoms with Crippen LogP contribution in [0.5, 0.6) is 5.75 Å². The van der Waals surface area contributed by atoms with Crippen molar-refractivity contribution in [2.75, 3.05) is 13.2 Å². The van der Waals surface area contributed by atoms with Crippen LogP contribution in [0.1, 0.15) is 10.4 Å². The molecular weight excluding hydrogens is 320 g/mol. The SMILES string of the molecule is O=C(OCCOc1ccccc1)c1cc([N+](=O)[O-])cc([N+](=O)[O-])c1. The molecule has 0 atom stereocenters. The van der Waals surface area contributed by atoms with Gasteiger partial charge >= 0.3 is 5.97 Å². The molecule has 9 nitrogen and oxygen atoms in total. The number of para-hydroxylation sites is 1. The number of benzene rings is 2. The smallest absolute Gasteiger partial charge is 0.338 e. The molecule has 0 aromatic heterocycles. The molecule has 9 heteroatoms. The number of nitro groups is 2. The minimum absolute atomic E-state index is 0.0762. The van der Waals surface area contributed by atoms with Crippen LogP contribution in [-0.2, 0) is 4.74 Å². The molecule has 2 aromatic rings. The van der Waals surface area contributed by atoms with Crippen molar-refractivity contribution in [2.24, 2.45) is 0 Å². The number of hydrogen-bond acceptors (Lipinski definition) is 7. The highest BCUT2D eigenvalue weighted by Crippen LogP contribution is 2.23. The Bertz CT molecular complexity index is 729. The van der Waals surface area contributed by atoms with Crippen LogP contribution in [0.4, 0.5) is 11.4 Å². The number of rotatable bonds is 7. The van der Waals surface area contributed by atoms with Gasteiger partial charge in [0.2, 0.25) is 0 Å². The Morgan fingerprint density at radius 3 is 2.04 bits per heavy atom. The van der Waals surface area contributed by atoms with Gasteiger partial charge in [-0.1, -0.05) is 18.2 Å². The summed E-state index contributed by atoms with van der Waals surface area (Å²) in [5.74, 6) is -0.307. The van der Waals surface area contributed by atoms with Crippen molar-refractivity contribution in [3.63, 3.8) is 0 Å². The fraction of sp³-hybridized carbons (Fsp3) is 0.133. The summed E-state index contributed by atoms with van der Waals surface area (Å²) in [7, 11) is 0. The molecule has 0 fully saturated rings. The number of carbonyl (C=O) groups is 1. The average Bonchev–Trinajstić information content (AvgIpc) is 2.59. The first-order chi connectivity index (χ1) is 11.5. The summed E-state index contributed by atoms with van der Waals surface area (Å²) in [6.45, 7) is -0.0308. The van der Waals surface area contributed by atoms with Crippen LogP contribution in [0.3, 0.4) is 0 Å². The summed E-state index contributed by atoms with van der Waals surface area (Å²) in [6, 6.07) is 11.5. The number of hydrogen-bond donors (Lipinski definition) is 0. The Hall–Kier alpha value is -3.49. The zero-order valence-electron chi connectivity index (χ0n) is 12.3. The molecular formula is C15H12N2O7. The molecule has 0 amide bonds. The van der Waals surface area contributed by atoms with Gasteiger partial charge in [-0.15, -0.1) is 0 Å². The monoisotopic (exact) mass is 332 g/mol. The second kappa shape index (κ2) is 7.68. The van der Waals surface area contributed by atoms with E-state index < -0.39 is 27.2 Å². The van der Waals surface area contributed by atoms with E-state index in [2.05, 4.69) is 0 Å². The first-order valence-electron chi connectivity index (χ1n) is 6.76. The van der Waals surface area contributed by atoms with Gasteiger partial charge in [0.1, 0.15) is 19.0 Å². The van der Waals surface area contributed by atoms with Crippen molar-refractivity contribution in [3.05, 3.63) is 74.3 Å². The van der Waals surface area contributed by atoms with E-state index in [1.165, 1.54) is 0 Å². The molecule has 0 bridgehead atoms. The highest BCUT2D eigenvalue weighted by Gasteiger charge is 2.20.